The molecule has 1 amide bonds. The van der Waals surface area contributed by atoms with Gasteiger partial charge >= 0.3 is 5.69 Å². The van der Waals surface area contributed by atoms with Gasteiger partial charge in [0.2, 0.25) is 5.91 Å². The second kappa shape index (κ2) is 11.8. The smallest absolute Gasteiger partial charge is 0.349 e. The van der Waals surface area contributed by atoms with Crippen molar-refractivity contribution in [2.45, 2.75) is 84.7 Å². The van der Waals surface area contributed by atoms with Gasteiger partial charge in [-0.2, -0.15) is 4.98 Å². The van der Waals surface area contributed by atoms with Crippen LogP contribution < -0.4 is 10.6 Å². The largest absolute Gasteiger partial charge is 0.355 e. The van der Waals surface area contributed by atoms with Crippen molar-refractivity contribution in [1.29, 1.82) is 0 Å². The Kier molecular flexibility index (Phi) is 8.32. The Morgan fingerprint density at radius 2 is 1.93 bits per heavy atom. The number of aromatic nitrogens is 4. The van der Waals surface area contributed by atoms with Gasteiger partial charge in [0.1, 0.15) is 5.82 Å². The SMILES string of the molecule is C=CC(=O)N1C[C@H](C)N(c2nc(=O)n(-c3c(C)ccnc3C(C)C)c3nc(C4=CCCCCC4)c(Cl)cc23)C[C@H]1C. The number of hydrogen-bond acceptors (Lipinski definition) is 6. The Hall–Kier alpha value is -3.52. The maximum atomic E-state index is 14.1. The number of amides is 1. The molecule has 3 aromatic heterocycles. The molecule has 0 unspecified atom stereocenters. The van der Waals surface area contributed by atoms with E-state index in [1.165, 1.54) is 12.5 Å². The summed E-state index contributed by atoms with van der Waals surface area (Å²) >= 11 is 6.99. The van der Waals surface area contributed by atoms with E-state index in [1.807, 2.05) is 37.8 Å². The molecule has 0 aromatic carbocycles. The summed E-state index contributed by atoms with van der Waals surface area (Å²) < 4.78 is 1.62. The highest BCUT2D eigenvalue weighted by molar-refractivity contribution is 6.33. The number of nitrogens with zero attached hydrogens (tertiary/aromatic N) is 6. The molecule has 0 N–H and O–H groups in total. The van der Waals surface area contributed by atoms with Crippen LogP contribution in [0.4, 0.5) is 5.82 Å². The lowest BCUT2D eigenvalue weighted by molar-refractivity contribution is -0.128. The number of allylic oxidation sites excluding steroid dienone is 2. The van der Waals surface area contributed by atoms with Gasteiger partial charge in [-0.15, -0.1) is 0 Å². The maximum absolute atomic E-state index is 14.1. The van der Waals surface area contributed by atoms with Crippen LogP contribution in [0.1, 0.15) is 82.7 Å². The van der Waals surface area contributed by atoms with E-state index in [2.05, 4.69) is 41.4 Å². The molecule has 1 fully saturated rings. The number of rotatable bonds is 5. The summed E-state index contributed by atoms with van der Waals surface area (Å²) in [7, 11) is 0. The minimum atomic E-state index is -0.412. The minimum Gasteiger partial charge on any atom is -0.349 e. The van der Waals surface area contributed by atoms with Crippen LogP contribution in [0.15, 0.2) is 41.9 Å². The minimum absolute atomic E-state index is 0.0826. The van der Waals surface area contributed by atoms with Crippen molar-refractivity contribution in [3.63, 3.8) is 0 Å². The second-order valence-electron chi connectivity index (χ2n) is 11.6. The van der Waals surface area contributed by atoms with Crippen molar-refractivity contribution in [3.8, 4) is 5.69 Å². The van der Waals surface area contributed by atoms with Crippen molar-refractivity contribution < 1.29 is 4.79 Å². The third-order valence-corrected chi connectivity index (χ3v) is 8.58. The van der Waals surface area contributed by atoms with Gasteiger partial charge in [-0.1, -0.05) is 44.5 Å². The standard InChI is InChI=1S/C32H39ClN6O2/c1-7-26(40)37-17-22(6)38(18-21(37)5)30-24-16-25(33)28(23-12-10-8-9-11-13-23)35-31(24)39(32(41)36-30)29-20(4)14-15-34-27(29)19(2)3/h7,12,14-16,19,21-22H,1,8-11,13,17-18H2,2-6H3/t21-,22+/m1/s1. The third kappa shape index (κ3) is 5.42. The molecule has 3 aromatic rings. The van der Waals surface area contributed by atoms with Gasteiger partial charge in [0.15, 0.2) is 5.65 Å². The van der Waals surface area contributed by atoms with Gasteiger partial charge in [0, 0.05) is 31.4 Å². The fraction of sp³-hybridized carbons (Fsp3) is 0.469. The van der Waals surface area contributed by atoms with E-state index >= 15 is 0 Å². The highest BCUT2D eigenvalue weighted by Gasteiger charge is 2.34. The average Bonchev–Trinajstić information content (AvgIpc) is 3.23. The molecule has 1 aliphatic carbocycles. The maximum Gasteiger partial charge on any atom is 0.355 e. The Morgan fingerprint density at radius 3 is 2.66 bits per heavy atom. The Bertz CT molecular complexity index is 1590. The number of pyridine rings is 2. The predicted molar refractivity (Wildman–Crippen MR) is 166 cm³/mol. The molecule has 1 aliphatic heterocycles. The number of hydrogen-bond donors (Lipinski definition) is 0. The fourth-order valence-electron chi connectivity index (χ4n) is 6.11. The molecular formula is C32H39ClN6O2. The fourth-order valence-corrected chi connectivity index (χ4v) is 6.38. The molecule has 0 radical (unpaired) electrons. The van der Waals surface area contributed by atoms with Crippen molar-refractivity contribution >= 4 is 39.9 Å². The Balaban J connectivity index is 1.78. The van der Waals surface area contributed by atoms with Crippen LogP contribution in [0.3, 0.4) is 0 Å². The number of halogens is 1. The molecule has 41 heavy (non-hydrogen) atoms. The normalized spacial score (nSPS) is 19.8. The van der Waals surface area contributed by atoms with E-state index in [0.29, 0.717) is 35.0 Å². The molecule has 0 bridgehead atoms. The van der Waals surface area contributed by atoms with Crippen molar-refractivity contribution in [1.82, 2.24) is 24.4 Å². The van der Waals surface area contributed by atoms with Crippen LogP contribution in [-0.2, 0) is 4.79 Å². The van der Waals surface area contributed by atoms with E-state index in [1.54, 1.807) is 10.8 Å². The first-order valence-corrected chi connectivity index (χ1v) is 15.0. The van der Waals surface area contributed by atoms with Crippen molar-refractivity contribution in [3.05, 3.63) is 69.5 Å². The van der Waals surface area contributed by atoms with E-state index < -0.39 is 5.69 Å². The van der Waals surface area contributed by atoms with E-state index in [4.69, 9.17) is 16.6 Å². The first-order valence-electron chi connectivity index (χ1n) is 14.6. The molecule has 9 heteroatoms. The molecule has 0 spiro atoms. The van der Waals surface area contributed by atoms with E-state index in [9.17, 15) is 9.59 Å². The highest BCUT2D eigenvalue weighted by Crippen LogP contribution is 2.36. The number of carbonyl (C=O) groups is 1. The first kappa shape index (κ1) is 29.0. The van der Waals surface area contributed by atoms with Gasteiger partial charge in [-0.05, 0) is 81.7 Å². The number of aryl methyl sites for hydroxylation is 1. The van der Waals surface area contributed by atoms with Gasteiger partial charge in [0.05, 0.1) is 27.5 Å². The summed E-state index contributed by atoms with van der Waals surface area (Å²) in [6.07, 6.45) is 10.7. The number of fused-ring (bicyclic) bond motifs is 1. The summed E-state index contributed by atoms with van der Waals surface area (Å²) in [5.41, 5.74) is 4.41. The number of piperazine rings is 1. The lowest BCUT2D eigenvalue weighted by Crippen LogP contribution is -2.58. The lowest BCUT2D eigenvalue weighted by atomic mass is 10.0. The Labute approximate surface area is 246 Å². The quantitative estimate of drug-likeness (QED) is 0.336. The summed E-state index contributed by atoms with van der Waals surface area (Å²) in [4.78, 5) is 45.0. The lowest BCUT2D eigenvalue weighted by Gasteiger charge is -2.44. The predicted octanol–water partition coefficient (Wildman–Crippen LogP) is 6.22. The molecule has 5 rings (SSSR count). The van der Waals surface area contributed by atoms with Crippen LogP contribution in [0, 0.1) is 6.92 Å². The van der Waals surface area contributed by atoms with Gasteiger partial charge in [-0.3, -0.25) is 9.78 Å². The van der Waals surface area contributed by atoms with E-state index in [-0.39, 0.29) is 23.9 Å². The Morgan fingerprint density at radius 1 is 1.15 bits per heavy atom. The summed E-state index contributed by atoms with van der Waals surface area (Å²) in [6, 6.07) is 3.65. The van der Waals surface area contributed by atoms with Crippen LogP contribution in [0.2, 0.25) is 5.02 Å². The molecular weight excluding hydrogens is 536 g/mol. The highest BCUT2D eigenvalue weighted by atomic mass is 35.5. The number of carbonyl (C=O) groups excluding carboxylic acids is 1. The zero-order valence-electron chi connectivity index (χ0n) is 24.7. The molecule has 2 aliphatic rings. The molecule has 4 heterocycles. The molecule has 2 atom stereocenters. The van der Waals surface area contributed by atoms with Crippen LogP contribution in [-0.4, -0.2) is 55.5 Å². The third-order valence-electron chi connectivity index (χ3n) is 8.29. The molecule has 1 saturated heterocycles. The van der Waals surface area contributed by atoms with Gasteiger partial charge in [-0.25, -0.2) is 14.3 Å². The van der Waals surface area contributed by atoms with Crippen molar-refractivity contribution in [2.75, 3.05) is 18.0 Å². The molecule has 8 nitrogen and oxygen atoms in total. The van der Waals surface area contributed by atoms with Crippen LogP contribution >= 0.6 is 11.6 Å². The summed E-state index contributed by atoms with van der Waals surface area (Å²) in [6.45, 7) is 14.8. The summed E-state index contributed by atoms with van der Waals surface area (Å²) in [5.74, 6) is 0.519. The van der Waals surface area contributed by atoms with E-state index in [0.717, 1.165) is 53.9 Å². The molecule has 216 valence electrons. The summed E-state index contributed by atoms with van der Waals surface area (Å²) in [5, 5.41) is 1.25. The average molecular weight is 575 g/mol. The molecule has 0 saturated carbocycles. The van der Waals surface area contributed by atoms with Crippen LogP contribution in [0.5, 0.6) is 0 Å². The number of anilines is 1. The first-order chi connectivity index (χ1) is 19.6. The topological polar surface area (TPSA) is 84.2 Å². The second-order valence-corrected chi connectivity index (χ2v) is 12.0. The zero-order chi connectivity index (χ0) is 29.4. The van der Waals surface area contributed by atoms with Gasteiger partial charge < -0.3 is 9.80 Å². The monoisotopic (exact) mass is 574 g/mol. The zero-order valence-corrected chi connectivity index (χ0v) is 25.4. The van der Waals surface area contributed by atoms with Gasteiger partial charge in [0.25, 0.3) is 0 Å². The van der Waals surface area contributed by atoms with Crippen molar-refractivity contribution in [2.24, 2.45) is 0 Å². The van der Waals surface area contributed by atoms with Crippen LogP contribution in [0.25, 0.3) is 22.3 Å².